The van der Waals surface area contributed by atoms with Gasteiger partial charge in [-0.15, -0.1) is 0 Å². The molecule has 0 saturated carbocycles. The van der Waals surface area contributed by atoms with E-state index < -0.39 is 0 Å². The summed E-state index contributed by atoms with van der Waals surface area (Å²) in [6, 6.07) is 6.73. The molecule has 80 valence electrons. The molecule has 0 N–H and O–H groups in total. The van der Waals surface area contributed by atoms with E-state index in [2.05, 4.69) is 11.9 Å². The fourth-order valence-electron chi connectivity index (χ4n) is 1.22. The molecule has 0 radical (unpaired) electrons. The van der Waals surface area contributed by atoms with Gasteiger partial charge in [-0.25, -0.2) is 4.39 Å². The lowest BCUT2D eigenvalue weighted by molar-refractivity contribution is 0.624. The minimum atomic E-state index is -0.197. The highest BCUT2D eigenvalue weighted by atomic mass is 19.1. The van der Waals surface area contributed by atoms with Gasteiger partial charge >= 0.3 is 0 Å². The third-order valence-electron chi connectivity index (χ3n) is 2.09. The second kappa shape index (κ2) is 6.12. The van der Waals surface area contributed by atoms with E-state index in [1.54, 1.807) is 18.3 Å². The van der Waals surface area contributed by atoms with E-state index in [4.69, 9.17) is 0 Å². The SMILES string of the molecule is CCCC=NC=C(C)c1ccccc1F. The normalized spacial score (nSPS) is 12.3. The van der Waals surface area contributed by atoms with Gasteiger partial charge in [0.25, 0.3) is 0 Å². The zero-order valence-corrected chi connectivity index (χ0v) is 9.20. The van der Waals surface area contributed by atoms with Crippen molar-refractivity contribution in [2.45, 2.75) is 26.7 Å². The first-order valence-electron chi connectivity index (χ1n) is 5.19. The summed E-state index contributed by atoms with van der Waals surface area (Å²) >= 11 is 0. The van der Waals surface area contributed by atoms with Crippen LogP contribution < -0.4 is 0 Å². The smallest absolute Gasteiger partial charge is 0.130 e. The summed E-state index contributed by atoms with van der Waals surface area (Å²) in [6.45, 7) is 3.96. The average molecular weight is 205 g/mol. The first kappa shape index (κ1) is 11.6. The predicted molar refractivity (Wildman–Crippen MR) is 63.5 cm³/mol. The maximum atomic E-state index is 13.3. The van der Waals surface area contributed by atoms with Crippen LogP contribution >= 0.6 is 0 Å². The van der Waals surface area contributed by atoms with Gasteiger partial charge < -0.3 is 0 Å². The molecule has 0 heterocycles. The zero-order chi connectivity index (χ0) is 11.1. The van der Waals surface area contributed by atoms with Crippen molar-refractivity contribution in [3.63, 3.8) is 0 Å². The molecule has 2 heteroatoms. The highest BCUT2D eigenvalue weighted by Crippen LogP contribution is 2.16. The second-order valence-electron chi connectivity index (χ2n) is 3.41. The number of hydrogen-bond donors (Lipinski definition) is 0. The second-order valence-corrected chi connectivity index (χ2v) is 3.41. The number of unbranched alkanes of at least 4 members (excludes halogenated alkanes) is 1. The van der Waals surface area contributed by atoms with E-state index in [1.807, 2.05) is 19.2 Å². The summed E-state index contributed by atoms with van der Waals surface area (Å²) < 4.78 is 13.3. The van der Waals surface area contributed by atoms with E-state index >= 15 is 0 Å². The Labute approximate surface area is 90.4 Å². The first-order chi connectivity index (χ1) is 7.25. The van der Waals surface area contributed by atoms with Crippen molar-refractivity contribution in [3.8, 4) is 0 Å². The van der Waals surface area contributed by atoms with Crippen molar-refractivity contribution < 1.29 is 4.39 Å². The number of nitrogens with zero attached hydrogens (tertiary/aromatic N) is 1. The van der Waals surface area contributed by atoms with Crippen LogP contribution in [0.3, 0.4) is 0 Å². The van der Waals surface area contributed by atoms with Gasteiger partial charge in [0, 0.05) is 18.0 Å². The zero-order valence-electron chi connectivity index (χ0n) is 9.20. The summed E-state index contributed by atoms with van der Waals surface area (Å²) in [5.41, 5.74) is 1.46. The van der Waals surface area contributed by atoms with Crippen LogP contribution in [-0.4, -0.2) is 6.21 Å². The highest BCUT2D eigenvalue weighted by molar-refractivity contribution is 5.66. The molecule has 1 aromatic rings. The van der Waals surface area contributed by atoms with Crippen molar-refractivity contribution >= 4 is 11.8 Å². The largest absolute Gasteiger partial charge is 0.269 e. The van der Waals surface area contributed by atoms with E-state index in [1.165, 1.54) is 6.07 Å². The number of benzene rings is 1. The van der Waals surface area contributed by atoms with Gasteiger partial charge in [-0.2, -0.15) is 0 Å². The molecular formula is C13H16FN. The molecule has 0 fully saturated rings. The predicted octanol–water partition coefficient (Wildman–Crippen LogP) is 4.06. The van der Waals surface area contributed by atoms with Crippen molar-refractivity contribution in [2.24, 2.45) is 4.99 Å². The van der Waals surface area contributed by atoms with Crippen LogP contribution in [0.15, 0.2) is 35.5 Å². The molecule has 1 rings (SSSR count). The third-order valence-corrected chi connectivity index (χ3v) is 2.09. The summed E-state index contributed by atoms with van der Waals surface area (Å²) in [7, 11) is 0. The Morgan fingerprint density at radius 3 is 2.80 bits per heavy atom. The van der Waals surface area contributed by atoms with E-state index in [0.717, 1.165) is 18.4 Å². The van der Waals surface area contributed by atoms with Gasteiger partial charge in [0.1, 0.15) is 5.82 Å². The van der Waals surface area contributed by atoms with Crippen LogP contribution in [0.4, 0.5) is 4.39 Å². The van der Waals surface area contributed by atoms with Crippen LogP contribution in [0.2, 0.25) is 0 Å². The van der Waals surface area contributed by atoms with Crippen LogP contribution in [0.5, 0.6) is 0 Å². The monoisotopic (exact) mass is 205 g/mol. The fraction of sp³-hybridized carbons (Fsp3) is 0.308. The lowest BCUT2D eigenvalue weighted by Crippen LogP contribution is -1.85. The molecule has 0 aliphatic heterocycles. The van der Waals surface area contributed by atoms with Crippen LogP contribution in [0.25, 0.3) is 5.57 Å². The van der Waals surface area contributed by atoms with Crippen LogP contribution in [0, 0.1) is 5.82 Å². The Hall–Kier alpha value is -1.44. The summed E-state index contributed by atoms with van der Waals surface area (Å²) in [4.78, 5) is 4.12. The van der Waals surface area contributed by atoms with Crippen molar-refractivity contribution in [1.29, 1.82) is 0 Å². The van der Waals surface area contributed by atoms with Gasteiger partial charge in [0.15, 0.2) is 0 Å². The lowest BCUT2D eigenvalue weighted by atomic mass is 10.1. The Balaban J connectivity index is 2.76. The van der Waals surface area contributed by atoms with E-state index in [0.29, 0.717) is 5.56 Å². The van der Waals surface area contributed by atoms with E-state index in [-0.39, 0.29) is 5.82 Å². The topological polar surface area (TPSA) is 12.4 Å². The molecular weight excluding hydrogens is 189 g/mol. The lowest BCUT2D eigenvalue weighted by Gasteiger charge is -2.00. The maximum absolute atomic E-state index is 13.3. The standard InChI is InChI=1S/C13H16FN/c1-3-4-9-15-10-11(2)12-7-5-6-8-13(12)14/h5-10H,3-4H2,1-2H3. The number of aliphatic imine (C=N–C) groups is 1. The minimum Gasteiger partial charge on any atom is -0.269 e. The molecule has 1 nitrogen and oxygen atoms in total. The van der Waals surface area contributed by atoms with Gasteiger partial charge in [0.2, 0.25) is 0 Å². The molecule has 0 aliphatic carbocycles. The van der Waals surface area contributed by atoms with Crippen molar-refractivity contribution in [1.82, 2.24) is 0 Å². The number of hydrogen-bond acceptors (Lipinski definition) is 1. The molecule has 0 amide bonds. The molecule has 0 unspecified atom stereocenters. The molecule has 0 saturated heterocycles. The molecule has 1 aromatic carbocycles. The molecule has 0 bridgehead atoms. The first-order valence-corrected chi connectivity index (χ1v) is 5.19. The third kappa shape index (κ3) is 3.66. The van der Waals surface area contributed by atoms with Crippen molar-refractivity contribution in [2.75, 3.05) is 0 Å². The van der Waals surface area contributed by atoms with Gasteiger partial charge in [-0.05, 0) is 25.0 Å². The minimum absolute atomic E-state index is 0.197. The van der Waals surface area contributed by atoms with Crippen molar-refractivity contribution in [3.05, 3.63) is 41.8 Å². The fourth-order valence-corrected chi connectivity index (χ4v) is 1.22. The Bertz CT molecular complexity index is 367. The summed E-state index contributed by atoms with van der Waals surface area (Å²) in [5.74, 6) is -0.197. The van der Waals surface area contributed by atoms with Gasteiger partial charge in [-0.1, -0.05) is 31.5 Å². The summed E-state index contributed by atoms with van der Waals surface area (Å²) in [6.07, 6.45) is 5.59. The van der Waals surface area contributed by atoms with Crippen LogP contribution in [-0.2, 0) is 0 Å². The highest BCUT2D eigenvalue weighted by Gasteiger charge is 2.00. The van der Waals surface area contributed by atoms with Crippen LogP contribution in [0.1, 0.15) is 32.3 Å². The molecule has 0 atom stereocenters. The quantitative estimate of drug-likeness (QED) is 0.657. The molecule has 15 heavy (non-hydrogen) atoms. The molecule has 0 aliphatic rings. The number of halogens is 1. The average Bonchev–Trinajstić information content (AvgIpc) is 2.25. The van der Waals surface area contributed by atoms with Gasteiger partial charge in [0.05, 0.1) is 0 Å². The number of rotatable bonds is 4. The molecule has 0 spiro atoms. The Morgan fingerprint density at radius 2 is 2.13 bits per heavy atom. The molecule has 0 aromatic heterocycles. The number of allylic oxidation sites excluding steroid dienone is 1. The van der Waals surface area contributed by atoms with Gasteiger partial charge in [-0.3, -0.25) is 4.99 Å². The van der Waals surface area contributed by atoms with E-state index in [9.17, 15) is 4.39 Å². The Kier molecular flexibility index (Phi) is 4.75. The summed E-state index contributed by atoms with van der Waals surface area (Å²) in [5, 5.41) is 0. The maximum Gasteiger partial charge on any atom is 0.130 e. The Morgan fingerprint density at radius 1 is 1.40 bits per heavy atom.